The van der Waals surface area contributed by atoms with Gasteiger partial charge < -0.3 is 27.0 Å². The number of phenolic OH excluding ortho intramolecular Hbond substituents is 1. The number of piperidine rings is 1. The van der Waals surface area contributed by atoms with Crippen LogP contribution in [0.1, 0.15) is 42.7 Å². The number of rotatable bonds is 6. The third-order valence-electron chi connectivity index (χ3n) is 5.15. The molecule has 0 amide bonds. The van der Waals surface area contributed by atoms with Crippen molar-refractivity contribution in [3.8, 4) is 5.75 Å². The van der Waals surface area contributed by atoms with Crippen LogP contribution in [0.25, 0.3) is 0 Å². The zero-order valence-corrected chi connectivity index (χ0v) is 15.8. The Balaban J connectivity index is 0.00000208. The Hall–Kier alpha value is -1.32. The molecule has 2 nitrogen and oxygen atoms in total. The highest BCUT2D eigenvalue weighted by molar-refractivity contribution is 5.28. The monoisotopic (exact) mass is 389 g/mol. The fourth-order valence-corrected chi connectivity index (χ4v) is 3.70. The molecule has 0 aliphatic carbocycles. The Morgan fingerprint density at radius 3 is 2.21 bits per heavy atom. The largest absolute Gasteiger partial charge is 1.00 e. The van der Waals surface area contributed by atoms with Crippen molar-refractivity contribution in [1.29, 1.82) is 0 Å². The van der Waals surface area contributed by atoms with E-state index in [4.69, 9.17) is 0 Å². The van der Waals surface area contributed by atoms with E-state index in [2.05, 4.69) is 42.5 Å². The van der Waals surface area contributed by atoms with Crippen LogP contribution < -0.4 is 21.9 Å². The van der Waals surface area contributed by atoms with E-state index in [9.17, 15) is 5.11 Å². The van der Waals surface area contributed by atoms with Gasteiger partial charge in [0.15, 0.2) is 0 Å². The van der Waals surface area contributed by atoms with Gasteiger partial charge in [-0.2, -0.15) is 0 Å². The maximum absolute atomic E-state index is 9.40. The van der Waals surface area contributed by atoms with E-state index in [1.165, 1.54) is 62.9 Å². The molecule has 3 rings (SSSR count). The number of hydrogen-bond donors (Lipinski definition) is 2. The summed E-state index contributed by atoms with van der Waals surface area (Å²) < 4.78 is 0. The Morgan fingerprint density at radius 1 is 0.875 bits per heavy atom. The normalized spacial score (nSPS) is 20.3. The average Bonchev–Trinajstić information content (AvgIpc) is 2.61. The number of aromatic hydroxyl groups is 1. The van der Waals surface area contributed by atoms with Crippen molar-refractivity contribution in [2.45, 2.75) is 38.0 Å². The van der Waals surface area contributed by atoms with Crippen LogP contribution >= 0.6 is 0 Å². The fourth-order valence-electron chi connectivity index (χ4n) is 3.70. The number of quaternary nitrogens is 1. The quantitative estimate of drug-likeness (QED) is 0.676. The number of halogens is 1. The summed E-state index contributed by atoms with van der Waals surface area (Å²) in [6.45, 7) is 3.89. The zero-order valence-electron chi connectivity index (χ0n) is 14.3. The van der Waals surface area contributed by atoms with Crippen molar-refractivity contribution >= 4 is 0 Å². The predicted molar refractivity (Wildman–Crippen MR) is 95.0 cm³/mol. The Bertz CT molecular complexity index is 577. The van der Waals surface area contributed by atoms with Gasteiger partial charge in [0.05, 0.1) is 19.6 Å². The molecule has 1 fully saturated rings. The first kappa shape index (κ1) is 19.0. The molecular weight excluding hydrogens is 362 g/mol. The third-order valence-corrected chi connectivity index (χ3v) is 5.15. The minimum atomic E-state index is 0. The smallest absolute Gasteiger partial charge is 0.115 e. The van der Waals surface area contributed by atoms with E-state index >= 15 is 0 Å². The van der Waals surface area contributed by atoms with Gasteiger partial charge in [-0.1, -0.05) is 42.5 Å². The molecule has 1 heterocycles. The lowest BCUT2D eigenvalue weighted by atomic mass is 9.89. The molecule has 1 saturated heterocycles. The number of aryl methyl sites for hydroxylation is 1. The van der Waals surface area contributed by atoms with E-state index < -0.39 is 0 Å². The summed E-state index contributed by atoms with van der Waals surface area (Å²) in [7, 11) is 0. The highest BCUT2D eigenvalue weighted by Gasteiger charge is 2.22. The summed E-state index contributed by atoms with van der Waals surface area (Å²) in [6.07, 6.45) is 6.39. The third kappa shape index (κ3) is 5.64. The standard InChI is InChI=1S/C21H27NO.BrH/c23-21-11-9-19(10-12-21)20-13-16-22(17-14-20)15-5-4-8-18-6-2-1-3-7-18;/h1-3,6-7,9-12,20,23H,4-5,8,13-17H2;1H. The second-order valence-corrected chi connectivity index (χ2v) is 6.81. The molecule has 1 aliphatic heterocycles. The van der Waals surface area contributed by atoms with Crippen LogP contribution in [0.4, 0.5) is 0 Å². The van der Waals surface area contributed by atoms with Crippen molar-refractivity contribution in [2.75, 3.05) is 19.6 Å². The van der Waals surface area contributed by atoms with Crippen molar-refractivity contribution in [3.05, 3.63) is 65.7 Å². The molecule has 0 unspecified atom stereocenters. The Kier molecular flexibility index (Phi) is 7.80. The molecule has 1 aliphatic rings. The predicted octanol–water partition coefficient (Wildman–Crippen LogP) is 0.181. The molecular formula is C21H28BrNO. The zero-order chi connectivity index (χ0) is 15.9. The highest BCUT2D eigenvalue weighted by Crippen LogP contribution is 2.25. The van der Waals surface area contributed by atoms with Gasteiger partial charge in [-0.05, 0) is 48.4 Å². The van der Waals surface area contributed by atoms with E-state index in [-0.39, 0.29) is 17.0 Å². The summed E-state index contributed by atoms with van der Waals surface area (Å²) in [5, 5.41) is 9.40. The van der Waals surface area contributed by atoms with Crippen LogP contribution in [0.15, 0.2) is 54.6 Å². The van der Waals surface area contributed by atoms with Crippen molar-refractivity contribution in [1.82, 2.24) is 0 Å². The van der Waals surface area contributed by atoms with Gasteiger partial charge in [0.1, 0.15) is 5.75 Å². The number of nitrogens with one attached hydrogen (secondary N) is 1. The van der Waals surface area contributed by atoms with Gasteiger partial charge in [-0.25, -0.2) is 0 Å². The van der Waals surface area contributed by atoms with Crippen LogP contribution in [0.3, 0.4) is 0 Å². The molecule has 0 spiro atoms. The molecule has 24 heavy (non-hydrogen) atoms. The molecule has 2 N–H and O–H groups in total. The van der Waals surface area contributed by atoms with Crippen molar-refractivity contribution in [3.63, 3.8) is 0 Å². The average molecular weight is 390 g/mol. The second-order valence-electron chi connectivity index (χ2n) is 6.81. The van der Waals surface area contributed by atoms with Gasteiger partial charge in [0.25, 0.3) is 0 Å². The van der Waals surface area contributed by atoms with E-state index in [1.807, 2.05) is 12.1 Å². The summed E-state index contributed by atoms with van der Waals surface area (Å²) >= 11 is 0. The van der Waals surface area contributed by atoms with E-state index in [0.717, 1.165) is 0 Å². The minimum Gasteiger partial charge on any atom is -1.00 e. The lowest BCUT2D eigenvalue weighted by Crippen LogP contribution is -3.13. The van der Waals surface area contributed by atoms with Gasteiger partial charge in [-0.3, -0.25) is 0 Å². The summed E-state index contributed by atoms with van der Waals surface area (Å²) in [4.78, 5) is 1.77. The number of unbranched alkanes of at least 4 members (excludes halogenated alkanes) is 1. The topological polar surface area (TPSA) is 24.7 Å². The molecule has 0 aromatic heterocycles. The summed E-state index contributed by atoms with van der Waals surface area (Å²) in [5.41, 5.74) is 2.86. The van der Waals surface area contributed by atoms with Gasteiger partial charge in [0.2, 0.25) is 0 Å². The summed E-state index contributed by atoms with van der Waals surface area (Å²) in [6, 6.07) is 18.6. The van der Waals surface area contributed by atoms with Crippen LogP contribution in [-0.2, 0) is 6.42 Å². The number of phenols is 1. The molecule has 0 bridgehead atoms. The van der Waals surface area contributed by atoms with Gasteiger partial charge in [0, 0.05) is 12.8 Å². The van der Waals surface area contributed by atoms with Crippen LogP contribution in [0.5, 0.6) is 5.75 Å². The molecule has 130 valence electrons. The summed E-state index contributed by atoms with van der Waals surface area (Å²) in [5.74, 6) is 1.05. The number of benzene rings is 2. The molecule has 2 aromatic rings. The highest BCUT2D eigenvalue weighted by atomic mass is 79.9. The van der Waals surface area contributed by atoms with E-state index in [0.29, 0.717) is 11.7 Å². The molecule has 2 aromatic carbocycles. The maximum atomic E-state index is 9.40. The first-order valence-electron chi connectivity index (χ1n) is 8.98. The molecule has 0 radical (unpaired) electrons. The van der Waals surface area contributed by atoms with Crippen LogP contribution in [0, 0.1) is 0 Å². The minimum absolute atomic E-state index is 0. The van der Waals surface area contributed by atoms with Crippen LogP contribution in [-0.4, -0.2) is 24.7 Å². The molecule has 0 atom stereocenters. The Labute approximate surface area is 156 Å². The van der Waals surface area contributed by atoms with Crippen LogP contribution in [0.2, 0.25) is 0 Å². The maximum Gasteiger partial charge on any atom is 0.115 e. The fraction of sp³-hybridized carbons (Fsp3) is 0.429. The van der Waals surface area contributed by atoms with Crippen molar-refractivity contribution < 1.29 is 27.0 Å². The molecule has 0 saturated carbocycles. The molecule has 3 heteroatoms. The SMILES string of the molecule is Oc1ccc(C2CC[NH+](CCCCc3ccccc3)CC2)cc1.[Br-]. The lowest BCUT2D eigenvalue weighted by Gasteiger charge is -2.29. The first-order valence-corrected chi connectivity index (χ1v) is 8.98. The number of hydrogen-bond acceptors (Lipinski definition) is 1. The Morgan fingerprint density at radius 2 is 1.54 bits per heavy atom. The lowest BCUT2D eigenvalue weighted by molar-refractivity contribution is -0.905. The van der Waals surface area contributed by atoms with Gasteiger partial charge in [-0.15, -0.1) is 0 Å². The first-order chi connectivity index (χ1) is 11.3. The van der Waals surface area contributed by atoms with Crippen molar-refractivity contribution in [2.24, 2.45) is 0 Å². The second kappa shape index (κ2) is 9.85. The van der Waals surface area contributed by atoms with E-state index in [1.54, 1.807) is 4.90 Å². The number of likely N-dealkylation sites (tertiary alicyclic amines) is 1. The van der Waals surface area contributed by atoms with Gasteiger partial charge >= 0.3 is 0 Å².